The second kappa shape index (κ2) is 11.7. The van der Waals surface area contributed by atoms with Crippen LogP contribution >= 0.6 is 0 Å². The summed E-state index contributed by atoms with van der Waals surface area (Å²) in [5.74, 6) is -8.23. The Morgan fingerprint density at radius 1 is 0.884 bits per heavy atom. The van der Waals surface area contributed by atoms with Crippen LogP contribution in [0.5, 0.6) is 5.75 Å². The number of carbonyl (C=O) groups is 2. The zero-order valence-electron chi connectivity index (χ0n) is 22.1. The molecule has 234 valence electrons. The van der Waals surface area contributed by atoms with Gasteiger partial charge in [-0.1, -0.05) is 18.2 Å². The fourth-order valence-electron chi connectivity index (χ4n) is 5.31. The van der Waals surface area contributed by atoms with E-state index in [0.29, 0.717) is 5.56 Å². The van der Waals surface area contributed by atoms with E-state index in [9.17, 15) is 60.7 Å². The molecule has 1 aromatic carbocycles. The first-order valence-corrected chi connectivity index (χ1v) is 13.1. The van der Waals surface area contributed by atoms with E-state index < -0.39 is 114 Å². The summed E-state index contributed by atoms with van der Waals surface area (Å²) in [6.07, 6.45) is -15.7. The summed E-state index contributed by atoms with van der Waals surface area (Å²) >= 11 is 0. The Morgan fingerprint density at radius 3 is 2.12 bits per heavy atom. The number of aromatic hydroxyl groups is 1. The van der Waals surface area contributed by atoms with Gasteiger partial charge in [-0.15, -0.1) is 0 Å². The van der Waals surface area contributed by atoms with Gasteiger partial charge in [-0.2, -0.15) is 0 Å². The lowest BCUT2D eigenvalue weighted by molar-refractivity contribution is -0.349. The predicted octanol–water partition coefficient (Wildman–Crippen LogP) is -3.99. The zero-order valence-corrected chi connectivity index (χ0v) is 22.1. The maximum absolute atomic E-state index is 13.8. The van der Waals surface area contributed by atoms with E-state index in [4.69, 9.17) is 18.9 Å². The Kier molecular flexibility index (Phi) is 8.47. The quantitative estimate of drug-likeness (QED) is 0.0800. The minimum atomic E-state index is -3.41. The van der Waals surface area contributed by atoms with E-state index in [0.717, 1.165) is 6.08 Å². The van der Waals surface area contributed by atoms with Crippen LogP contribution in [0.1, 0.15) is 5.56 Å². The lowest BCUT2D eigenvalue weighted by Gasteiger charge is -2.43. The molecule has 0 amide bonds. The number of phenolic OH excluding ortho intramolecular Hbond substituents is 1. The number of benzene rings is 1. The molecule has 0 unspecified atom stereocenters. The maximum Gasteiger partial charge on any atom is 0.294 e. The Hall–Kier alpha value is -3.26. The molecule has 0 saturated carbocycles. The van der Waals surface area contributed by atoms with Gasteiger partial charge in [0, 0.05) is 0 Å². The molecule has 16 heteroatoms. The van der Waals surface area contributed by atoms with E-state index in [1.807, 2.05) is 0 Å². The molecule has 2 saturated heterocycles. The van der Waals surface area contributed by atoms with Crippen molar-refractivity contribution in [3.05, 3.63) is 58.6 Å². The van der Waals surface area contributed by atoms with Gasteiger partial charge < -0.3 is 70.0 Å². The number of allylic oxidation sites excluding steroid dienone is 1. The first-order chi connectivity index (χ1) is 20.3. The van der Waals surface area contributed by atoms with Crippen LogP contribution in [0.4, 0.5) is 0 Å². The molecule has 3 aliphatic heterocycles. The Balaban J connectivity index is 1.58. The van der Waals surface area contributed by atoms with Gasteiger partial charge in [-0.25, -0.2) is 0 Å². The summed E-state index contributed by atoms with van der Waals surface area (Å²) in [6.45, 7) is -1.70. The highest BCUT2D eigenvalue weighted by molar-refractivity contribution is 6.28. The van der Waals surface area contributed by atoms with Gasteiger partial charge in [-0.3, -0.25) is 9.59 Å². The van der Waals surface area contributed by atoms with Crippen molar-refractivity contribution in [2.24, 2.45) is 0 Å². The smallest absolute Gasteiger partial charge is 0.294 e. The predicted molar refractivity (Wildman–Crippen MR) is 136 cm³/mol. The molecule has 4 aliphatic rings. The van der Waals surface area contributed by atoms with Gasteiger partial charge in [0.05, 0.1) is 18.8 Å². The lowest BCUT2D eigenvalue weighted by atomic mass is 9.83. The molecule has 1 aliphatic carbocycles. The Morgan fingerprint density at radius 2 is 1.49 bits per heavy atom. The van der Waals surface area contributed by atoms with Crippen LogP contribution < -0.4 is 0 Å². The second-order valence-corrected chi connectivity index (χ2v) is 10.4. The minimum Gasteiger partial charge on any atom is -0.508 e. The molecule has 10 N–H and O–H groups in total. The molecule has 3 heterocycles. The number of fused-ring (bicyclic) bond motifs is 2. The second-order valence-electron chi connectivity index (χ2n) is 10.4. The number of rotatable bonds is 7. The largest absolute Gasteiger partial charge is 0.508 e. The molecule has 0 aromatic heterocycles. The van der Waals surface area contributed by atoms with E-state index in [-0.39, 0.29) is 5.75 Å². The van der Waals surface area contributed by atoms with Crippen LogP contribution in [0, 0.1) is 0 Å². The monoisotopic (exact) mass is 610 g/mol. The number of ether oxygens (including phenoxy) is 4. The summed E-state index contributed by atoms with van der Waals surface area (Å²) in [5, 5.41) is 103. The molecule has 0 bridgehead atoms. The number of hydrogen-bond donors (Lipinski definition) is 10. The first-order valence-electron chi connectivity index (χ1n) is 13.1. The van der Waals surface area contributed by atoms with Crippen molar-refractivity contribution in [1.82, 2.24) is 0 Å². The van der Waals surface area contributed by atoms with Crippen LogP contribution in [-0.2, 0) is 28.5 Å². The molecule has 16 nitrogen and oxygen atoms in total. The van der Waals surface area contributed by atoms with Crippen LogP contribution in [-0.4, -0.2) is 143 Å². The molecule has 11 atom stereocenters. The van der Waals surface area contributed by atoms with Crippen molar-refractivity contribution in [2.45, 2.75) is 67.0 Å². The normalized spacial score (nSPS) is 39.6. The Labute approximate surface area is 242 Å². The standard InChI is InChI=1S/C27H30O16/c28-7-12-17(33)20(36)23-22(40-12)15-18(34)14(11(31)6-3-9-1-4-10(30)5-2-9)24(38)27(39,25(15)42-23)43-26-21(37)19(35)16(32)13(8-29)41-26/h1-6,12-13,16-17,19-23,26,28-30,32-37,39H,7-8H2/b6-3+/t12-,13-,16-,17+,19+,20-,21-,22+,23+,26+,27+/m1/s1. The number of carbonyl (C=O) groups excluding carboxylic acids is 2. The summed E-state index contributed by atoms with van der Waals surface area (Å²) in [7, 11) is 0. The van der Waals surface area contributed by atoms with Gasteiger partial charge >= 0.3 is 0 Å². The summed E-state index contributed by atoms with van der Waals surface area (Å²) in [5.41, 5.74) is -1.23. The zero-order chi connectivity index (χ0) is 31.4. The number of phenols is 1. The highest BCUT2D eigenvalue weighted by atomic mass is 16.8. The molecular formula is C27H30O16. The number of ketones is 2. The van der Waals surface area contributed by atoms with E-state index in [1.54, 1.807) is 0 Å². The highest BCUT2D eigenvalue weighted by Gasteiger charge is 2.64. The van der Waals surface area contributed by atoms with Crippen molar-refractivity contribution < 1.29 is 79.6 Å². The number of Topliss-reactive ketones (excluding diaryl/α,β-unsaturated/α-hetero) is 1. The van der Waals surface area contributed by atoms with Gasteiger partial charge in [-0.05, 0) is 23.8 Å². The van der Waals surface area contributed by atoms with Crippen LogP contribution in [0.3, 0.4) is 0 Å². The van der Waals surface area contributed by atoms with Crippen molar-refractivity contribution in [3.8, 4) is 5.75 Å². The number of hydrogen-bond acceptors (Lipinski definition) is 16. The fourth-order valence-corrected chi connectivity index (χ4v) is 5.31. The van der Waals surface area contributed by atoms with Gasteiger partial charge in [0.25, 0.3) is 5.79 Å². The molecule has 0 radical (unpaired) electrons. The lowest BCUT2D eigenvalue weighted by Crippen LogP contribution is -2.62. The summed E-state index contributed by atoms with van der Waals surface area (Å²) < 4.78 is 21.8. The van der Waals surface area contributed by atoms with E-state index in [1.165, 1.54) is 30.3 Å². The van der Waals surface area contributed by atoms with Crippen LogP contribution in [0.15, 0.2) is 53.0 Å². The first kappa shape index (κ1) is 31.2. The summed E-state index contributed by atoms with van der Waals surface area (Å²) in [4.78, 5) is 27.1. The van der Waals surface area contributed by atoms with Crippen molar-refractivity contribution in [3.63, 3.8) is 0 Å². The SMILES string of the molecule is O=C(/C=C/c1ccc(O)cc1)C1=C(O)C2=C(O[C@H]3[C@H](O)[C@@H](O)[C@@H](CO)O[C@@H]23)[C@@](O)(O[C@@H]2O[C@H](CO)[C@@H](O)[C@H](O)[C@H]2O)C1=O. The third kappa shape index (κ3) is 5.15. The van der Waals surface area contributed by atoms with Crippen LogP contribution in [0.2, 0.25) is 0 Å². The molecule has 2 fully saturated rings. The summed E-state index contributed by atoms with van der Waals surface area (Å²) in [6, 6.07) is 5.51. The van der Waals surface area contributed by atoms with Gasteiger partial charge in [0.1, 0.15) is 65.9 Å². The average molecular weight is 611 g/mol. The average Bonchev–Trinajstić information content (AvgIpc) is 3.39. The topological polar surface area (TPSA) is 273 Å². The van der Waals surface area contributed by atoms with Crippen molar-refractivity contribution in [2.75, 3.05) is 13.2 Å². The van der Waals surface area contributed by atoms with Gasteiger partial charge in [0.2, 0.25) is 5.78 Å². The number of aliphatic hydroxyl groups is 9. The van der Waals surface area contributed by atoms with Gasteiger partial charge in [0.15, 0.2) is 23.9 Å². The van der Waals surface area contributed by atoms with E-state index >= 15 is 0 Å². The Bertz CT molecular complexity index is 1350. The van der Waals surface area contributed by atoms with Crippen LogP contribution in [0.25, 0.3) is 6.08 Å². The number of aliphatic hydroxyl groups excluding tert-OH is 8. The van der Waals surface area contributed by atoms with Crippen molar-refractivity contribution >= 4 is 17.6 Å². The fraction of sp³-hybridized carbons (Fsp3) is 0.481. The van der Waals surface area contributed by atoms with E-state index in [2.05, 4.69) is 0 Å². The third-order valence-electron chi connectivity index (χ3n) is 7.69. The third-order valence-corrected chi connectivity index (χ3v) is 7.69. The van der Waals surface area contributed by atoms with Crippen molar-refractivity contribution in [1.29, 1.82) is 0 Å². The molecule has 1 aromatic rings. The molecular weight excluding hydrogens is 580 g/mol. The highest BCUT2D eigenvalue weighted by Crippen LogP contribution is 2.48. The maximum atomic E-state index is 13.8. The minimum absolute atomic E-state index is 0.0575. The molecule has 0 spiro atoms. The molecule has 5 rings (SSSR count). The molecule has 43 heavy (non-hydrogen) atoms.